The Morgan fingerprint density at radius 1 is 1.00 bits per heavy atom. The first-order valence-corrected chi connectivity index (χ1v) is 9.88. The fourth-order valence-corrected chi connectivity index (χ4v) is 8.38. The standard InChI is InChI=1S/C19H30OS/c1-3-20-16-7-10-6-14(16)18-13-8-12(17(10)18)11-4-5-19(2,21)9-15(11)13/h10-18,21H,3-9H2,1-2H3. The minimum Gasteiger partial charge on any atom is -0.378 e. The van der Waals surface area contributed by atoms with Crippen molar-refractivity contribution in [2.24, 2.45) is 47.3 Å². The fourth-order valence-electron chi connectivity index (χ4n) is 8.04. The Labute approximate surface area is 135 Å². The van der Waals surface area contributed by atoms with Crippen LogP contribution in [0.1, 0.15) is 52.4 Å². The molecule has 0 aromatic heterocycles. The molecule has 0 aromatic carbocycles. The van der Waals surface area contributed by atoms with Crippen LogP contribution >= 0.6 is 12.6 Å². The monoisotopic (exact) mass is 306 g/mol. The molecule has 2 heteroatoms. The number of rotatable bonds is 2. The minimum atomic E-state index is 0.318. The van der Waals surface area contributed by atoms with Crippen LogP contribution < -0.4 is 0 Å². The van der Waals surface area contributed by atoms with E-state index in [4.69, 9.17) is 17.4 Å². The maximum absolute atomic E-state index is 6.11. The Balaban J connectivity index is 1.43. The molecule has 0 amide bonds. The molecule has 5 aliphatic carbocycles. The Hall–Kier alpha value is 0.310. The van der Waals surface area contributed by atoms with E-state index >= 15 is 0 Å². The van der Waals surface area contributed by atoms with E-state index in [1.807, 2.05) is 0 Å². The maximum Gasteiger partial charge on any atom is 0.0608 e. The summed E-state index contributed by atoms with van der Waals surface area (Å²) in [5.41, 5.74) is 0. The third-order valence-corrected chi connectivity index (χ3v) is 8.73. The highest BCUT2D eigenvalue weighted by atomic mass is 32.1. The van der Waals surface area contributed by atoms with Crippen molar-refractivity contribution in [1.29, 1.82) is 0 Å². The second-order valence-electron chi connectivity index (χ2n) is 9.17. The van der Waals surface area contributed by atoms with E-state index in [1.54, 1.807) is 6.42 Å². The van der Waals surface area contributed by atoms with Gasteiger partial charge in [0.15, 0.2) is 0 Å². The molecule has 10 atom stereocenters. The summed E-state index contributed by atoms with van der Waals surface area (Å²) < 4.78 is 6.43. The average molecular weight is 307 g/mol. The van der Waals surface area contributed by atoms with Gasteiger partial charge in [-0.15, -0.1) is 0 Å². The second kappa shape index (κ2) is 4.44. The lowest BCUT2D eigenvalue weighted by atomic mass is 9.58. The molecule has 5 fully saturated rings. The molecule has 5 rings (SSSR count). The van der Waals surface area contributed by atoms with Crippen molar-refractivity contribution in [2.75, 3.05) is 6.61 Å². The molecule has 0 N–H and O–H groups in total. The zero-order valence-corrected chi connectivity index (χ0v) is 14.4. The van der Waals surface area contributed by atoms with E-state index in [1.165, 1.54) is 32.1 Å². The predicted octanol–water partition coefficient (Wildman–Crippen LogP) is 4.42. The first-order valence-electron chi connectivity index (χ1n) is 9.43. The fraction of sp³-hybridized carbons (Fsp3) is 1.00. The molecule has 0 spiro atoms. The summed E-state index contributed by atoms with van der Waals surface area (Å²) in [6.07, 6.45) is 9.30. The Bertz CT molecular complexity index is 447. The van der Waals surface area contributed by atoms with Crippen molar-refractivity contribution in [1.82, 2.24) is 0 Å². The topological polar surface area (TPSA) is 9.23 Å². The maximum atomic E-state index is 6.11. The number of hydrogen-bond donors (Lipinski definition) is 1. The van der Waals surface area contributed by atoms with Crippen LogP contribution in [-0.2, 0) is 4.74 Å². The zero-order chi connectivity index (χ0) is 14.4. The van der Waals surface area contributed by atoms with Crippen molar-refractivity contribution in [3.8, 4) is 0 Å². The molecule has 10 unspecified atom stereocenters. The molecule has 0 radical (unpaired) electrons. The number of hydrogen-bond acceptors (Lipinski definition) is 2. The van der Waals surface area contributed by atoms with Gasteiger partial charge in [0.25, 0.3) is 0 Å². The molecule has 0 saturated heterocycles. The molecule has 5 saturated carbocycles. The highest BCUT2D eigenvalue weighted by molar-refractivity contribution is 7.81. The lowest BCUT2D eigenvalue weighted by molar-refractivity contribution is -0.0509. The number of thiol groups is 1. The van der Waals surface area contributed by atoms with E-state index in [9.17, 15) is 0 Å². The van der Waals surface area contributed by atoms with Crippen LogP contribution in [0.2, 0.25) is 0 Å². The van der Waals surface area contributed by atoms with Crippen LogP contribution in [0, 0.1) is 47.3 Å². The molecule has 5 aliphatic rings. The van der Waals surface area contributed by atoms with Gasteiger partial charge in [0.2, 0.25) is 0 Å². The summed E-state index contributed by atoms with van der Waals surface area (Å²) >= 11 is 4.97. The van der Waals surface area contributed by atoms with Gasteiger partial charge in [-0.3, -0.25) is 0 Å². The van der Waals surface area contributed by atoms with Crippen LogP contribution in [0.15, 0.2) is 0 Å². The van der Waals surface area contributed by atoms with E-state index in [-0.39, 0.29) is 0 Å². The summed E-state index contributed by atoms with van der Waals surface area (Å²) in [7, 11) is 0. The van der Waals surface area contributed by atoms with Gasteiger partial charge in [-0.25, -0.2) is 0 Å². The van der Waals surface area contributed by atoms with Gasteiger partial charge < -0.3 is 4.74 Å². The molecule has 0 aromatic rings. The van der Waals surface area contributed by atoms with Crippen LogP contribution in [0.25, 0.3) is 0 Å². The molecule has 21 heavy (non-hydrogen) atoms. The van der Waals surface area contributed by atoms with Crippen molar-refractivity contribution in [3.05, 3.63) is 0 Å². The van der Waals surface area contributed by atoms with Crippen LogP contribution in [0.3, 0.4) is 0 Å². The van der Waals surface area contributed by atoms with E-state index < -0.39 is 0 Å². The largest absolute Gasteiger partial charge is 0.378 e. The molecule has 1 nitrogen and oxygen atoms in total. The molecule has 118 valence electrons. The summed E-state index contributed by atoms with van der Waals surface area (Å²) in [5, 5.41) is 0. The minimum absolute atomic E-state index is 0.318. The van der Waals surface area contributed by atoms with Crippen molar-refractivity contribution in [2.45, 2.75) is 63.2 Å². The Morgan fingerprint density at radius 3 is 2.62 bits per heavy atom. The van der Waals surface area contributed by atoms with Crippen LogP contribution in [-0.4, -0.2) is 17.5 Å². The van der Waals surface area contributed by atoms with Crippen LogP contribution in [0.5, 0.6) is 0 Å². The highest BCUT2D eigenvalue weighted by Crippen LogP contribution is 2.73. The van der Waals surface area contributed by atoms with Gasteiger partial charge in [0.05, 0.1) is 6.10 Å². The summed E-state index contributed by atoms with van der Waals surface area (Å²) in [6, 6.07) is 0. The first-order chi connectivity index (χ1) is 10.1. The lowest BCUT2D eigenvalue weighted by Gasteiger charge is -2.50. The van der Waals surface area contributed by atoms with Crippen molar-refractivity contribution in [3.63, 3.8) is 0 Å². The smallest absolute Gasteiger partial charge is 0.0608 e. The van der Waals surface area contributed by atoms with E-state index in [2.05, 4.69) is 13.8 Å². The van der Waals surface area contributed by atoms with Gasteiger partial charge in [0.1, 0.15) is 0 Å². The van der Waals surface area contributed by atoms with E-state index in [0.29, 0.717) is 10.9 Å². The summed E-state index contributed by atoms with van der Waals surface area (Å²) in [5.74, 6) is 8.29. The van der Waals surface area contributed by atoms with Gasteiger partial charge in [-0.05, 0) is 92.8 Å². The lowest BCUT2D eigenvalue weighted by Crippen LogP contribution is -2.46. The third kappa shape index (κ3) is 1.75. The normalized spacial score (nSPS) is 63.9. The van der Waals surface area contributed by atoms with E-state index in [0.717, 1.165) is 54.0 Å². The summed E-state index contributed by atoms with van der Waals surface area (Å²) in [6.45, 7) is 5.48. The van der Waals surface area contributed by atoms with Crippen molar-refractivity contribution >= 4 is 12.6 Å². The van der Waals surface area contributed by atoms with Crippen molar-refractivity contribution < 1.29 is 4.74 Å². The third-order valence-electron chi connectivity index (χ3n) is 8.33. The van der Waals surface area contributed by atoms with Gasteiger partial charge in [-0.2, -0.15) is 12.6 Å². The SMILES string of the molecule is CCOC1CC2CC1C1C3CC(C4CCC(C)(S)CC43)C21. The highest BCUT2D eigenvalue weighted by Gasteiger charge is 2.68. The zero-order valence-electron chi connectivity index (χ0n) is 13.5. The molecule has 0 heterocycles. The van der Waals surface area contributed by atoms with Crippen LogP contribution in [0.4, 0.5) is 0 Å². The average Bonchev–Trinajstić information content (AvgIpc) is 3.12. The second-order valence-corrected chi connectivity index (χ2v) is 10.3. The molecular weight excluding hydrogens is 276 g/mol. The summed E-state index contributed by atoms with van der Waals surface area (Å²) in [4.78, 5) is 0. The molecular formula is C19H30OS. The van der Waals surface area contributed by atoms with Gasteiger partial charge in [-0.1, -0.05) is 6.92 Å². The quantitative estimate of drug-likeness (QED) is 0.587. The van der Waals surface area contributed by atoms with Gasteiger partial charge >= 0.3 is 0 Å². The van der Waals surface area contributed by atoms with Gasteiger partial charge in [0, 0.05) is 11.4 Å². The molecule has 0 aliphatic heterocycles. The Kier molecular flexibility index (Phi) is 2.90. The number of fused-ring (bicyclic) bond motifs is 12. The Morgan fingerprint density at radius 2 is 1.81 bits per heavy atom. The first kappa shape index (κ1) is 13.7. The molecule has 4 bridgehead atoms. The predicted molar refractivity (Wildman–Crippen MR) is 88.4 cm³/mol. The number of ether oxygens (including phenoxy) is 1.